The number of nitrogens with one attached hydrogen (secondary N) is 2. The quantitative estimate of drug-likeness (QED) is 0.165. The van der Waals surface area contributed by atoms with Gasteiger partial charge in [0.2, 0.25) is 0 Å². The predicted molar refractivity (Wildman–Crippen MR) is 140 cm³/mol. The maximum absolute atomic E-state index is 4.30. The van der Waals surface area contributed by atoms with Crippen LogP contribution in [0.4, 0.5) is 11.6 Å². The van der Waals surface area contributed by atoms with Crippen LogP contribution in [-0.4, -0.2) is 22.6 Å². The van der Waals surface area contributed by atoms with Crippen LogP contribution in [0.25, 0.3) is 10.8 Å². The second-order valence-corrected chi connectivity index (χ2v) is 8.78. The Morgan fingerprint density at radius 1 is 0.600 bits per heavy atom. The third-order valence-corrected chi connectivity index (χ3v) is 5.63. The summed E-state index contributed by atoms with van der Waals surface area (Å²) in [5.74, 6) is 1.17. The third kappa shape index (κ3) is 5.30. The first-order chi connectivity index (χ1) is 14.7. The SMILES string of the molecule is Ic1ccc(/C=N\Nc2nnc(N/N=C/c3ccc(I)cc3)c3ccccc23)cc1. The number of hydrazone groups is 2. The van der Waals surface area contributed by atoms with Crippen molar-refractivity contribution >= 4 is 80.0 Å². The van der Waals surface area contributed by atoms with Crippen LogP contribution in [0, 0.1) is 7.14 Å². The van der Waals surface area contributed by atoms with Gasteiger partial charge in [-0.15, -0.1) is 10.2 Å². The van der Waals surface area contributed by atoms with E-state index in [0.29, 0.717) is 11.6 Å². The normalized spacial score (nSPS) is 11.4. The molecule has 0 atom stereocenters. The van der Waals surface area contributed by atoms with Gasteiger partial charge in [-0.25, -0.2) is 0 Å². The summed E-state index contributed by atoms with van der Waals surface area (Å²) in [4.78, 5) is 0. The Kier molecular flexibility index (Phi) is 6.84. The fraction of sp³-hybridized carbons (Fsp3) is 0. The Labute approximate surface area is 201 Å². The Bertz CT molecular complexity index is 1110. The first-order valence-electron chi connectivity index (χ1n) is 9.04. The van der Waals surface area contributed by atoms with Crippen LogP contribution in [0.5, 0.6) is 0 Å². The second-order valence-electron chi connectivity index (χ2n) is 6.29. The van der Waals surface area contributed by atoms with E-state index in [9.17, 15) is 0 Å². The zero-order valence-corrected chi connectivity index (χ0v) is 19.9. The van der Waals surface area contributed by atoms with Crippen molar-refractivity contribution in [1.29, 1.82) is 0 Å². The Morgan fingerprint density at radius 2 is 1.00 bits per heavy atom. The van der Waals surface area contributed by atoms with Gasteiger partial charge in [0.25, 0.3) is 0 Å². The number of hydrogen-bond acceptors (Lipinski definition) is 6. The molecule has 0 aliphatic rings. The number of fused-ring (bicyclic) bond motifs is 1. The molecule has 8 heteroatoms. The minimum atomic E-state index is 0.583. The van der Waals surface area contributed by atoms with Crippen molar-refractivity contribution in [2.75, 3.05) is 10.9 Å². The first kappa shape index (κ1) is 20.7. The molecule has 148 valence electrons. The highest BCUT2D eigenvalue weighted by atomic mass is 127. The largest absolute Gasteiger partial charge is 0.259 e. The molecule has 3 aromatic carbocycles. The van der Waals surface area contributed by atoms with Gasteiger partial charge < -0.3 is 0 Å². The molecule has 0 radical (unpaired) electrons. The molecule has 4 aromatic rings. The zero-order valence-electron chi connectivity index (χ0n) is 15.6. The van der Waals surface area contributed by atoms with E-state index >= 15 is 0 Å². The maximum Gasteiger partial charge on any atom is 0.176 e. The fourth-order valence-corrected chi connectivity index (χ4v) is 3.42. The smallest absolute Gasteiger partial charge is 0.176 e. The molecule has 0 amide bonds. The summed E-state index contributed by atoms with van der Waals surface area (Å²) in [7, 11) is 0. The molecule has 2 N–H and O–H groups in total. The first-order valence-corrected chi connectivity index (χ1v) is 11.2. The molecular weight excluding hydrogens is 602 g/mol. The molecule has 0 saturated heterocycles. The summed E-state index contributed by atoms with van der Waals surface area (Å²) >= 11 is 4.55. The lowest BCUT2D eigenvalue weighted by Gasteiger charge is -2.08. The van der Waals surface area contributed by atoms with Gasteiger partial charge in [0.15, 0.2) is 11.6 Å². The summed E-state index contributed by atoms with van der Waals surface area (Å²) in [6.07, 6.45) is 3.51. The summed E-state index contributed by atoms with van der Waals surface area (Å²) in [6, 6.07) is 24.0. The zero-order chi connectivity index (χ0) is 20.8. The van der Waals surface area contributed by atoms with Gasteiger partial charge in [-0.3, -0.25) is 10.9 Å². The summed E-state index contributed by atoms with van der Waals surface area (Å²) in [5, 5.41) is 19.0. The molecule has 4 rings (SSSR count). The van der Waals surface area contributed by atoms with Crippen molar-refractivity contribution < 1.29 is 0 Å². The van der Waals surface area contributed by atoms with E-state index in [4.69, 9.17) is 0 Å². The number of nitrogens with zero attached hydrogens (tertiary/aromatic N) is 4. The van der Waals surface area contributed by atoms with Crippen molar-refractivity contribution in [3.05, 3.63) is 91.1 Å². The van der Waals surface area contributed by atoms with Crippen LogP contribution in [0.3, 0.4) is 0 Å². The molecule has 0 bridgehead atoms. The van der Waals surface area contributed by atoms with E-state index in [-0.39, 0.29) is 0 Å². The summed E-state index contributed by atoms with van der Waals surface area (Å²) < 4.78 is 2.37. The van der Waals surface area contributed by atoms with Gasteiger partial charge in [0.1, 0.15) is 0 Å². The molecule has 6 nitrogen and oxygen atoms in total. The van der Waals surface area contributed by atoms with Gasteiger partial charge in [-0.05, 0) is 80.6 Å². The fourth-order valence-electron chi connectivity index (χ4n) is 2.70. The molecule has 0 unspecified atom stereocenters. The molecule has 0 fully saturated rings. The molecule has 0 saturated carbocycles. The lowest BCUT2D eigenvalue weighted by molar-refractivity contribution is 1.03. The number of anilines is 2. The Hall–Kier alpha value is -2.60. The number of hydrogen-bond donors (Lipinski definition) is 2. The molecule has 0 aliphatic heterocycles. The van der Waals surface area contributed by atoms with Gasteiger partial charge in [-0.1, -0.05) is 48.5 Å². The molecule has 0 spiro atoms. The highest BCUT2D eigenvalue weighted by Crippen LogP contribution is 2.25. The Morgan fingerprint density at radius 3 is 1.40 bits per heavy atom. The highest BCUT2D eigenvalue weighted by molar-refractivity contribution is 14.1. The van der Waals surface area contributed by atoms with Crippen LogP contribution >= 0.6 is 45.2 Å². The average Bonchev–Trinajstić information content (AvgIpc) is 2.77. The highest BCUT2D eigenvalue weighted by Gasteiger charge is 2.07. The van der Waals surface area contributed by atoms with Crippen LogP contribution in [-0.2, 0) is 0 Å². The predicted octanol–water partition coefficient (Wildman–Crippen LogP) is 5.73. The minimum absolute atomic E-state index is 0.583. The second kappa shape index (κ2) is 9.94. The van der Waals surface area contributed by atoms with Gasteiger partial charge in [-0.2, -0.15) is 10.2 Å². The lowest BCUT2D eigenvalue weighted by atomic mass is 10.2. The standard InChI is InChI=1S/C22H16I2N6/c23-17-9-5-15(6-10-17)13-25-27-21-19-3-1-2-4-20(19)22(30-29-21)28-26-14-16-7-11-18(24)12-8-16/h1-14H,(H,27,29)(H,28,30)/b25-13-,26-14+. The van der Waals surface area contributed by atoms with E-state index in [1.807, 2.05) is 72.8 Å². The summed E-state index contributed by atoms with van der Waals surface area (Å²) in [6.45, 7) is 0. The summed E-state index contributed by atoms with van der Waals surface area (Å²) in [5.41, 5.74) is 7.99. The van der Waals surface area contributed by atoms with Crippen LogP contribution < -0.4 is 10.9 Å². The molecular formula is C22H16I2N6. The minimum Gasteiger partial charge on any atom is -0.259 e. The number of benzene rings is 3. The van der Waals surface area contributed by atoms with Crippen LogP contribution in [0.1, 0.15) is 11.1 Å². The number of rotatable bonds is 6. The topological polar surface area (TPSA) is 74.6 Å². The lowest BCUT2D eigenvalue weighted by Crippen LogP contribution is -2.01. The third-order valence-electron chi connectivity index (χ3n) is 4.20. The van der Waals surface area contributed by atoms with Crippen LogP contribution in [0.2, 0.25) is 0 Å². The average molecular weight is 618 g/mol. The van der Waals surface area contributed by atoms with Gasteiger partial charge in [0, 0.05) is 17.9 Å². The monoisotopic (exact) mass is 618 g/mol. The van der Waals surface area contributed by atoms with Crippen molar-refractivity contribution in [2.24, 2.45) is 10.2 Å². The number of halogens is 2. The van der Waals surface area contributed by atoms with Crippen molar-refractivity contribution in [2.45, 2.75) is 0 Å². The van der Waals surface area contributed by atoms with Crippen LogP contribution in [0.15, 0.2) is 83.0 Å². The van der Waals surface area contributed by atoms with E-state index in [0.717, 1.165) is 21.9 Å². The van der Waals surface area contributed by atoms with Crippen molar-refractivity contribution in [1.82, 2.24) is 10.2 Å². The van der Waals surface area contributed by atoms with Crippen molar-refractivity contribution in [3.8, 4) is 0 Å². The van der Waals surface area contributed by atoms with E-state index < -0.39 is 0 Å². The van der Waals surface area contributed by atoms with Crippen molar-refractivity contribution in [3.63, 3.8) is 0 Å². The molecule has 0 aliphatic carbocycles. The Balaban J connectivity index is 1.52. The van der Waals surface area contributed by atoms with Gasteiger partial charge >= 0.3 is 0 Å². The molecule has 1 heterocycles. The van der Waals surface area contributed by atoms with E-state index in [2.05, 4.69) is 76.4 Å². The van der Waals surface area contributed by atoms with Gasteiger partial charge in [0.05, 0.1) is 12.4 Å². The molecule has 30 heavy (non-hydrogen) atoms. The maximum atomic E-state index is 4.30. The molecule has 1 aromatic heterocycles. The van der Waals surface area contributed by atoms with E-state index in [1.54, 1.807) is 12.4 Å². The van der Waals surface area contributed by atoms with E-state index in [1.165, 1.54) is 7.14 Å². The number of aromatic nitrogens is 2.